The number of alkyl halides is 2. The predicted molar refractivity (Wildman–Crippen MR) is 93.6 cm³/mol. The molecule has 29 heavy (non-hydrogen) atoms. The monoisotopic (exact) mass is 430 g/mol. The van der Waals surface area contributed by atoms with Gasteiger partial charge in [0.15, 0.2) is 0 Å². The Hall–Kier alpha value is -2.97. The Kier molecular flexibility index (Phi) is 5.74. The second kappa shape index (κ2) is 7.46. The van der Waals surface area contributed by atoms with Crippen LogP contribution in [-0.2, 0) is 14.6 Å². The highest BCUT2D eigenvalue weighted by Crippen LogP contribution is 2.40. The van der Waals surface area contributed by atoms with Gasteiger partial charge < -0.3 is 5.11 Å². The van der Waals surface area contributed by atoms with Gasteiger partial charge in [0.1, 0.15) is 5.82 Å². The van der Waals surface area contributed by atoms with Gasteiger partial charge in [0, 0.05) is 0 Å². The Bertz CT molecular complexity index is 1090. The maximum Gasteiger partial charge on any atom is 0.386 e. The maximum atomic E-state index is 14.7. The highest BCUT2D eigenvalue weighted by atomic mass is 32.2. The Morgan fingerprint density at radius 1 is 1.17 bits per heavy atom. The standard InChI is InChI=1S/C18H14F4N2O4S/c1-11-9-14(6-3-12(11)10-23)24(22)16(25)17(2,26)18(20,21)29(27,28)15-7-4-13(19)5-8-15/h3-9,26H,1-2H3. The maximum absolute atomic E-state index is 14.7. The SMILES string of the molecule is Cc1cc(N(F)C(=O)C(C)(O)C(F)(F)S(=O)(=O)c2ccc(F)cc2)ccc1C#N. The number of nitriles is 1. The molecule has 0 saturated heterocycles. The summed E-state index contributed by atoms with van der Waals surface area (Å²) in [6.07, 6.45) is 0. The molecule has 2 aromatic rings. The minimum atomic E-state index is -5.70. The first-order valence-corrected chi connectivity index (χ1v) is 9.37. The van der Waals surface area contributed by atoms with E-state index in [4.69, 9.17) is 5.26 Å². The van der Waals surface area contributed by atoms with E-state index < -0.39 is 48.1 Å². The van der Waals surface area contributed by atoms with Gasteiger partial charge >= 0.3 is 5.25 Å². The number of anilines is 1. The lowest BCUT2D eigenvalue weighted by Crippen LogP contribution is -2.59. The number of halogens is 4. The zero-order valence-electron chi connectivity index (χ0n) is 15.0. The Morgan fingerprint density at radius 3 is 2.21 bits per heavy atom. The molecule has 2 rings (SSSR count). The molecule has 1 amide bonds. The summed E-state index contributed by atoms with van der Waals surface area (Å²) in [7, 11) is -5.70. The Labute approximate surface area is 163 Å². The van der Waals surface area contributed by atoms with Gasteiger partial charge in [0.25, 0.3) is 5.91 Å². The van der Waals surface area contributed by atoms with Crippen molar-refractivity contribution in [2.24, 2.45) is 0 Å². The molecule has 0 fully saturated rings. The number of benzene rings is 2. The van der Waals surface area contributed by atoms with Crippen molar-refractivity contribution in [2.45, 2.75) is 29.6 Å². The second-order valence-corrected chi connectivity index (χ2v) is 8.23. The molecule has 0 aliphatic heterocycles. The van der Waals surface area contributed by atoms with Crippen LogP contribution in [0.2, 0.25) is 0 Å². The highest BCUT2D eigenvalue weighted by molar-refractivity contribution is 7.92. The summed E-state index contributed by atoms with van der Waals surface area (Å²) in [5.41, 5.74) is -4.27. The van der Waals surface area contributed by atoms with Crippen LogP contribution in [0.4, 0.5) is 23.3 Å². The number of hydrogen-bond acceptors (Lipinski definition) is 5. The van der Waals surface area contributed by atoms with Crippen LogP contribution in [0.15, 0.2) is 47.4 Å². The molecule has 11 heteroatoms. The van der Waals surface area contributed by atoms with E-state index in [-0.39, 0.29) is 18.1 Å². The van der Waals surface area contributed by atoms with Crippen LogP contribution in [-0.4, -0.2) is 30.3 Å². The van der Waals surface area contributed by atoms with Crippen LogP contribution in [0.5, 0.6) is 0 Å². The molecule has 2 aromatic carbocycles. The number of carbonyl (C=O) groups excluding carboxylic acids is 1. The van der Waals surface area contributed by atoms with Gasteiger partial charge in [-0.15, -0.1) is 5.12 Å². The normalized spacial score (nSPS) is 14.0. The summed E-state index contributed by atoms with van der Waals surface area (Å²) in [5, 5.41) is 12.9. The third-order valence-electron chi connectivity index (χ3n) is 4.18. The average molecular weight is 430 g/mol. The topological polar surface area (TPSA) is 98.5 Å². The van der Waals surface area contributed by atoms with Gasteiger partial charge in [-0.2, -0.15) is 14.0 Å². The third-order valence-corrected chi connectivity index (χ3v) is 6.15. The van der Waals surface area contributed by atoms with E-state index in [0.717, 1.165) is 18.2 Å². The average Bonchev–Trinajstić information content (AvgIpc) is 2.66. The van der Waals surface area contributed by atoms with Gasteiger partial charge in [-0.3, -0.25) is 4.79 Å². The van der Waals surface area contributed by atoms with Crippen molar-refractivity contribution in [3.63, 3.8) is 0 Å². The number of rotatable bonds is 5. The minimum Gasteiger partial charge on any atom is -0.374 e. The molecular formula is C18H14F4N2O4S. The number of amides is 1. The van der Waals surface area contributed by atoms with Crippen LogP contribution >= 0.6 is 0 Å². The van der Waals surface area contributed by atoms with E-state index in [1.54, 1.807) is 6.07 Å². The number of nitrogens with zero attached hydrogens (tertiary/aromatic N) is 2. The number of sulfone groups is 1. The van der Waals surface area contributed by atoms with Crippen molar-refractivity contribution in [3.8, 4) is 6.07 Å². The van der Waals surface area contributed by atoms with Crippen LogP contribution in [0.1, 0.15) is 18.1 Å². The lowest BCUT2D eigenvalue weighted by atomic mass is 10.1. The fraction of sp³-hybridized carbons (Fsp3) is 0.222. The summed E-state index contributed by atoms with van der Waals surface area (Å²) in [6.45, 7) is 1.55. The van der Waals surface area contributed by atoms with Crippen LogP contribution in [0.3, 0.4) is 0 Å². The first-order valence-electron chi connectivity index (χ1n) is 7.89. The molecule has 1 atom stereocenters. The van der Waals surface area contributed by atoms with Crippen molar-refractivity contribution in [1.82, 2.24) is 0 Å². The molecule has 154 valence electrons. The van der Waals surface area contributed by atoms with Gasteiger partial charge in [0.05, 0.1) is 22.2 Å². The molecule has 6 nitrogen and oxygen atoms in total. The van der Waals surface area contributed by atoms with Crippen LogP contribution in [0, 0.1) is 24.1 Å². The summed E-state index contributed by atoms with van der Waals surface area (Å²) in [5.74, 6) is -3.15. The fourth-order valence-electron chi connectivity index (χ4n) is 2.35. The van der Waals surface area contributed by atoms with Crippen molar-refractivity contribution in [2.75, 3.05) is 5.12 Å². The lowest BCUT2D eigenvalue weighted by Gasteiger charge is -2.32. The zero-order valence-corrected chi connectivity index (χ0v) is 15.8. The summed E-state index contributed by atoms with van der Waals surface area (Å²) in [4.78, 5) is 11.2. The molecule has 0 heterocycles. The first-order chi connectivity index (χ1) is 13.3. The molecule has 0 aromatic heterocycles. The smallest absolute Gasteiger partial charge is 0.374 e. The second-order valence-electron chi connectivity index (χ2n) is 6.24. The van der Waals surface area contributed by atoms with Gasteiger partial charge in [-0.1, -0.05) is 4.48 Å². The first kappa shape index (κ1) is 22.3. The molecule has 0 saturated carbocycles. The van der Waals surface area contributed by atoms with Crippen molar-refractivity contribution in [1.29, 1.82) is 5.26 Å². The molecule has 0 spiro atoms. The molecular weight excluding hydrogens is 416 g/mol. The van der Waals surface area contributed by atoms with Crippen molar-refractivity contribution in [3.05, 3.63) is 59.4 Å². The van der Waals surface area contributed by atoms with Crippen molar-refractivity contribution >= 4 is 21.4 Å². The van der Waals surface area contributed by atoms with E-state index in [9.17, 15) is 36.0 Å². The summed E-state index contributed by atoms with van der Waals surface area (Å²) < 4.78 is 81.3. The number of carbonyl (C=O) groups is 1. The molecule has 0 aliphatic rings. The zero-order chi connectivity index (χ0) is 22.2. The molecule has 0 radical (unpaired) electrons. The van der Waals surface area contributed by atoms with E-state index in [2.05, 4.69) is 0 Å². The van der Waals surface area contributed by atoms with Crippen LogP contribution in [0.25, 0.3) is 0 Å². The van der Waals surface area contributed by atoms with Gasteiger partial charge in [0.2, 0.25) is 15.4 Å². The number of hydrogen-bond donors (Lipinski definition) is 1. The summed E-state index contributed by atoms with van der Waals surface area (Å²) >= 11 is 0. The largest absolute Gasteiger partial charge is 0.386 e. The van der Waals surface area contributed by atoms with Gasteiger partial charge in [-0.05, 0) is 61.9 Å². The predicted octanol–water partition coefficient (Wildman–Crippen LogP) is 3.04. The molecule has 1 unspecified atom stereocenters. The number of aliphatic hydroxyl groups is 1. The Morgan fingerprint density at radius 2 is 1.72 bits per heavy atom. The quantitative estimate of drug-likeness (QED) is 0.447. The molecule has 0 aliphatic carbocycles. The highest BCUT2D eigenvalue weighted by Gasteiger charge is 2.65. The third kappa shape index (κ3) is 3.68. The van der Waals surface area contributed by atoms with Crippen molar-refractivity contribution < 1.29 is 36.0 Å². The minimum absolute atomic E-state index is 0.130. The number of aryl methyl sites for hydroxylation is 1. The molecule has 1 N–H and O–H groups in total. The van der Waals surface area contributed by atoms with E-state index in [0.29, 0.717) is 24.3 Å². The van der Waals surface area contributed by atoms with Crippen LogP contribution < -0.4 is 5.12 Å². The lowest BCUT2D eigenvalue weighted by molar-refractivity contribution is -0.162. The Balaban J connectivity index is 2.46. The van der Waals surface area contributed by atoms with E-state index in [1.165, 1.54) is 6.92 Å². The van der Waals surface area contributed by atoms with E-state index in [1.807, 2.05) is 0 Å². The van der Waals surface area contributed by atoms with E-state index >= 15 is 0 Å². The molecule has 0 bridgehead atoms. The summed E-state index contributed by atoms with van der Waals surface area (Å²) in [6, 6.07) is 7.06. The van der Waals surface area contributed by atoms with Gasteiger partial charge in [-0.25, -0.2) is 12.8 Å². The fourth-order valence-corrected chi connectivity index (χ4v) is 3.75.